The van der Waals surface area contributed by atoms with Crippen LogP contribution in [0.25, 0.3) is 0 Å². The van der Waals surface area contributed by atoms with E-state index in [0.717, 1.165) is 19.0 Å². The van der Waals surface area contributed by atoms with Crippen molar-refractivity contribution >= 4 is 15.9 Å². The molecule has 0 saturated carbocycles. The van der Waals surface area contributed by atoms with Gasteiger partial charge in [0.2, 0.25) is 0 Å². The Morgan fingerprint density at radius 3 is 2.85 bits per heavy atom. The van der Waals surface area contributed by atoms with E-state index < -0.39 is 0 Å². The Hall–Kier alpha value is -0.380. The van der Waals surface area contributed by atoms with Gasteiger partial charge in [-0.2, -0.15) is 0 Å². The van der Waals surface area contributed by atoms with Crippen LogP contribution in [0.1, 0.15) is 43.7 Å². The summed E-state index contributed by atoms with van der Waals surface area (Å²) in [6.07, 6.45) is 5.48. The number of likely N-dealkylation sites (tertiary alicyclic amines) is 1. The standard InChI is InChI=1S/C17H27BrN2/c1-3-14-5-4-9-20(10-8-14)13-16-7-6-15(12-19-2)11-17(16)18/h6-7,11,14,19H,3-5,8-10,12-13H2,1-2H3. The highest BCUT2D eigenvalue weighted by molar-refractivity contribution is 9.10. The molecule has 2 nitrogen and oxygen atoms in total. The summed E-state index contributed by atoms with van der Waals surface area (Å²) < 4.78 is 1.25. The molecule has 0 aliphatic carbocycles. The quantitative estimate of drug-likeness (QED) is 0.866. The molecule has 1 aliphatic rings. The summed E-state index contributed by atoms with van der Waals surface area (Å²) >= 11 is 3.73. The first kappa shape index (κ1) is 16.0. The van der Waals surface area contributed by atoms with E-state index in [4.69, 9.17) is 0 Å². The molecule has 112 valence electrons. The zero-order valence-corrected chi connectivity index (χ0v) is 14.4. The summed E-state index contributed by atoms with van der Waals surface area (Å²) in [6, 6.07) is 6.76. The Labute approximate surface area is 132 Å². The second-order valence-corrected chi connectivity index (χ2v) is 6.79. The number of nitrogens with one attached hydrogen (secondary N) is 1. The monoisotopic (exact) mass is 338 g/mol. The fourth-order valence-corrected chi connectivity index (χ4v) is 3.62. The molecule has 1 atom stereocenters. The topological polar surface area (TPSA) is 15.3 Å². The van der Waals surface area contributed by atoms with Gasteiger partial charge in [-0.25, -0.2) is 0 Å². The third kappa shape index (κ3) is 4.57. The SMILES string of the molecule is CCC1CCCN(Cc2ccc(CNC)cc2Br)CC1. The molecule has 0 amide bonds. The van der Waals surface area contributed by atoms with E-state index in [-0.39, 0.29) is 0 Å². The molecular weight excluding hydrogens is 312 g/mol. The Morgan fingerprint density at radius 2 is 2.15 bits per heavy atom. The molecule has 20 heavy (non-hydrogen) atoms. The fourth-order valence-electron chi connectivity index (χ4n) is 3.07. The normalized spacial score (nSPS) is 20.9. The van der Waals surface area contributed by atoms with Gasteiger partial charge in [0.05, 0.1) is 0 Å². The van der Waals surface area contributed by atoms with Crippen molar-refractivity contribution in [2.45, 2.75) is 45.7 Å². The van der Waals surface area contributed by atoms with Crippen LogP contribution in [0.4, 0.5) is 0 Å². The van der Waals surface area contributed by atoms with Crippen molar-refractivity contribution in [1.29, 1.82) is 0 Å². The van der Waals surface area contributed by atoms with Crippen molar-refractivity contribution in [2.24, 2.45) is 5.92 Å². The maximum atomic E-state index is 3.73. The van der Waals surface area contributed by atoms with Crippen LogP contribution in [-0.4, -0.2) is 25.0 Å². The molecule has 0 bridgehead atoms. The summed E-state index contributed by atoms with van der Waals surface area (Å²) in [5.74, 6) is 0.946. The third-order valence-electron chi connectivity index (χ3n) is 4.41. The van der Waals surface area contributed by atoms with Crippen molar-refractivity contribution in [3.63, 3.8) is 0 Å². The van der Waals surface area contributed by atoms with Crippen LogP contribution in [0.5, 0.6) is 0 Å². The molecule has 1 aromatic rings. The first-order valence-corrected chi connectivity index (χ1v) is 8.66. The lowest BCUT2D eigenvalue weighted by Gasteiger charge is -2.21. The van der Waals surface area contributed by atoms with Crippen LogP contribution >= 0.6 is 15.9 Å². The number of benzene rings is 1. The van der Waals surface area contributed by atoms with Crippen LogP contribution in [0.15, 0.2) is 22.7 Å². The molecule has 0 aromatic heterocycles. The van der Waals surface area contributed by atoms with Gasteiger partial charge < -0.3 is 5.32 Å². The Kier molecular flexibility index (Phi) is 6.53. The summed E-state index contributed by atoms with van der Waals surface area (Å²) in [5.41, 5.74) is 2.75. The zero-order valence-electron chi connectivity index (χ0n) is 12.8. The highest BCUT2D eigenvalue weighted by atomic mass is 79.9. The lowest BCUT2D eigenvalue weighted by atomic mass is 9.98. The predicted molar refractivity (Wildman–Crippen MR) is 89.8 cm³/mol. The number of hydrogen-bond donors (Lipinski definition) is 1. The second kappa shape index (κ2) is 8.16. The molecular formula is C17H27BrN2. The van der Waals surface area contributed by atoms with Gasteiger partial charge in [0.1, 0.15) is 0 Å². The van der Waals surface area contributed by atoms with E-state index in [0.29, 0.717) is 0 Å². The molecule has 0 radical (unpaired) electrons. The minimum atomic E-state index is 0.931. The molecule has 2 rings (SSSR count). The minimum absolute atomic E-state index is 0.931. The number of rotatable bonds is 5. The second-order valence-electron chi connectivity index (χ2n) is 5.94. The van der Waals surface area contributed by atoms with Crippen LogP contribution in [0, 0.1) is 5.92 Å². The van der Waals surface area contributed by atoms with Gasteiger partial charge in [-0.3, -0.25) is 4.90 Å². The van der Waals surface area contributed by atoms with Crippen molar-refractivity contribution in [2.75, 3.05) is 20.1 Å². The van der Waals surface area contributed by atoms with Crippen molar-refractivity contribution in [3.8, 4) is 0 Å². The molecule has 1 heterocycles. The minimum Gasteiger partial charge on any atom is -0.316 e. The lowest BCUT2D eigenvalue weighted by molar-refractivity contribution is 0.271. The zero-order chi connectivity index (χ0) is 14.4. The van der Waals surface area contributed by atoms with E-state index in [1.165, 1.54) is 54.4 Å². The summed E-state index contributed by atoms with van der Waals surface area (Å²) in [6.45, 7) is 6.85. The van der Waals surface area contributed by atoms with Gasteiger partial charge in [-0.05, 0) is 62.5 Å². The number of halogens is 1. The Morgan fingerprint density at radius 1 is 1.30 bits per heavy atom. The van der Waals surface area contributed by atoms with Crippen molar-refractivity contribution in [1.82, 2.24) is 10.2 Å². The molecule has 1 fully saturated rings. The van der Waals surface area contributed by atoms with Gasteiger partial charge >= 0.3 is 0 Å². The smallest absolute Gasteiger partial charge is 0.0244 e. The van der Waals surface area contributed by atoms with E-state index in [9.17, 15) is 0 Å². The molecule has 1 N–H and O–H groups in total. The number of nitrogens with zero attached hydrogens (tertiary/aromatic N) is 1. The van der Waals surface area contributed by atoms with Crippen LogP contribution in [-0.2, 0) is 13.1 Å². The molecule has 1 unspecified atom stereocenters. The van der Waals surface area contributed by atoms with Gasteiger partial charge in [0.25, 0.3) is 0 Å². The van der Waals surface area contributed by atoms with E-state index in [2.05, 4.69) is 51.3 Å². The molecule has 0 spiro atoms. The predicted octanol–water partition coefficient (Wildman–Crippen LogP) is 4.18. The number of hydrogen-bond acceptors (Lipinski definition) is 2. The maximum absolute atomic E-state index is 3.73. The van der Waals surface area contributed by atoms with Gasteiger partial charge in [-0.1, -0.05) is 41.4 Å². The van der Waals surface area contributed by atoms with Crippen LogP contribution in [0.2, 0.25) is 0 Å². The van der Waals surface area contributed by atoms with E-state index >= 15 is 0 Å². The highest BCUT2D eigenvalue weighted by Gasteiger charge is 2.16. The molecule has 1 aromatic carbocycles. The van der Waals surface area contributed by atoms with Gasteiger partial charge in [0.15, 0.2) is 0 Å². The fraction of sp³-hybridized carbons (Fsp3) is 0.647. The third-order valence-corrected chi connectivity index (χ3v) is 5.15. The van der Waals surface area contributed by atoms with E-state index in [1.54, 1.807) is 0 Å². The van der Waals surface area contributed by atoms with Crippen LogP contribution < -0.4 is 5.32 Å². The largest absolute Gasteiger partial charge is 0.316 e. The van der Waals surface area contributed by atoms with E-state index in [1.807, 2.05) is 7.05 Å². The molecule has 1 aliphatic heterocycles. The summed E-state index contributed by atoms with van der Waals surface area (Å²) in [5, 5.41) is 3.20. The highest BCUT2D eigenvalue weighted by Crippen LogP contribution is 2.24. The Balaban J connectivity index is 1.95. The Bertz CT molecular complexity index is 419. The van der Waals surface area contributed by atoms with Crippen molar-refractivity contribution < 1.29 is 0 Å². The van der Waals surface area contributed by atoms with Crippen LogP contribution in [0.3, 0.4) is 0 Å². The summed E-state index contributed by atoms with van der Waals surface area (Å²) in [4.78, 5) is 2.62. The molecule has 3 heteroatoms. The van der Waals surface area contributed by atoms with Gasteiger partial charge in [0, 0.05) is 17.6 Å². The van der Waals surface area contributed by atoms with Crippen molar-refractivity contribution in [3.05, 3.63) is 33.8 Å². The average molecular weight is 339 g/mol. The first-order chi connectivity index (χ1) is 9.72. The summed E-state index contributed by atoms with van der Waals surface area (Å²) in [7, 11) is 1.99. The molecule has 1 saturated heterocycles. The maximum Gasteiger partial charge on any atom is 0.0244 e. The van der Waals surface area contributed by atoms with Gasteiger partial charge in [-0.15, -0.1) is 0 Å². The average Bonchev–Trinajstić information content (AvgIpc) is 2.67. The lowest BCUT2D eigenvalue weighted by Crippen LogP contribution is -2.24. The first-order valence-electron chi connectivity index (χ1n) is 7.87.